The monoisotopic (exact) mass is 244 g/mol. The number of rotatable bonds is 1. The van der Waals surface area contributed by atoms with Crippen LogP contribution in [0.15, 0.2) is 42.0 Å². The van der Waals surface area contributed by atoms with Crippen molar-refractivity contribution in [2.45, 2.75) is 54.4 Å². The van der Waals surface area contributed by atoms with E-state index in [9.17, 15) is 0 Å². The molecular weight excluding hydrogens is 216 g/mol. The predicted molar refractivity (Wildman–Crippen MR) is 84.8 cm³/mol. The lowest BCUT2D eigenvalue weighted by Crippen LogP contribution is -1.91. The van der Waals surface area contributed by atoms with Crippen LogP contribution in [0.5, 0.6) is 0 Å². The van der Waals surface area contributed by atoms with Crippen molar-refractivity contribution >= 4 is 5.57 Å². The first kappa shape index (κ1) is 16.7. The van der Waals surface area contributed by atoms with Crippen molar-refractivity contribution in [3.05, 3.63) is 53.1 Å². The third-order valence-electron chi connectivity index (χ3n) is 2.78. The van der Waals surface area contributed by atoms with Crippen LogP contribution < -0.4 is 0 Å². The summed E-state index contributed by atoms with van der Waals surface area (Å²) in [6.07, 6.45) is 6.88. The Morgan fingerprint density at radius 1 is 0.722 bits per heavy atom. The summed E-state index contributed by atoms with van der Waals surface area (Å²) in [6, 6.07) is 8.80. The normalized spacial score (nSPS) is 13.2. The zero-order chi connectivity index (χ0) is 14.0. The minimum absolute atomic E-state index is 1.19. The molecule has 1 aromatic carbocycles. The van der Waals surface area contributed by atoms with Gasteiger partial charge in [-0.2, -0.15) is 0 Å². The van der Waals surface area contributed by atoms with Crippen molar-refractivity contribution in [3.8, 4) is 0 Å². The van der Waals surface area contributed by atoms with Gasteiger partial charge in [-0.25, -0.2) is 0 Å². The van der Waals surface area contributed by atoms with Crippen molar-refractivity contribution < 1.29 is 0 Å². The van der Waals surface area contributed by atoms with Gasteiger partial charge in [0.25, 0.3) is 0 Å². The fraction of sp³-hybridized carbons (Fsp3) is 0.444. The average molecular weight is 244 g/mol. The highest BCUT2D eigenvalue weighted by Crippen LogP contribution is 2.26. The second-order valence-corrected chi connectivity index (χ2v) is 4.07. The zero-order valence-electron chi connectivity index (χ0n) is 12.9. The zero-order valence-corrected chi connectivity index (χ0v) is 12.9. The summed E-state index contributed by atoms with van der Waals surface area (Å²) >= 11 is 0. The van der Waals surface area contributed by atoms with E-state index in [4.69, 9.17) is 0 Å². The average Bonchev–Trinajstić information content (AvgIpc) is 2.45. The van der Waals surface area contributed by atoms with Gasteiger partial charge in [0.1, 0.15) is 0 Å². The van der Waals surface area contributed by atoms with Gasteiger partial charge in [-0.1, -0.05) is 75.2 Å². The Balaban J connectivity index is 0.000000659. The van der Waals surface area contributed by atoms with E-state index in [0.717, 1.165) is 0 Å². The molecule has 0 spiro atoms. The number of allylic oxidation sites excluding steroid dienone is 4. The minimum atomic E-state index is 1.19. The summed E-state index contributed by atoms with van der Waals surface area (Å²) < 4.78 is 0. The van der Waals surface area contributed by atoms with Gasteiger partial charge in [0.2, 0.25) is 0 Å². The van der Waals surface area contributed by atoms with Crippen LogP contribution in [-0.4, -0.2) is 0 Å². The molecular formula is C18H28. The Hall–Kier alpha value is -1.30. The van der Waals surface area contributed by atoms with Crippen LogP contribution >= 0.6 is 0 Å². The molecule has 0 unspecified atom stereocenters. The first-order valence-corrected chi connectivity index (χ1v) is 7.19. The number of hydrogen-bond acceptors (Lipinski definition) is 0. The lowest BCUT2D eigenvalue weighted by molar-refractivity contribution is 0.977. The van der Waals surface area contributed by atoms with Crippen LogP contribution in [-0.2, 0) is 0 Å². The van der Waals surface area contributed by atoms with Gasteiger partial charge >= 0.3 is 0 Å². The topological polar surface area (TPSA) is 0 Å². The van der Waals surface area contributed by atoms with Gasteiger partial charge in [-0.05, 0) is 37.8 Å². The van der Waals surface area contributed by atoms with Gasteiger partial charge in [-0.15, -0.1) is 0 Å². The van der Waals surface area contributed by atoms with E-state index in [0.29, 0.717) is 0 Å². The van der Waals surface area contributed by atoms with Crippen molar-refractivity contribution in [3.63, 3.8) is 0 Å². The lowest BCUT2D eigenvalue weighted by Gasteiger charge is -2.12. The molecule has 0 aliphatic heterocycles. The van der Waals surface area contributed by atoms with Gasteiger partial charge in [0.05, 0.1) is 0 Å². The summed E-state index contributed by atoms with van der Waals surface area (Å²) in [7, 11) is 0. The largest absolute Gasteiger partial charge is 0.0730 e. The summed E-state index contributed by atoms with van der Waals surface area (Å²) in [5, 5.41) is 0. The lowest BCUT2D eigenvalue weighted by atomic mass is 9.93. The molecule has 1 aliphatic rings. The molecule has 0 aromatic heterocycles. The van der Waals surface area contributed by atoms with E-state index in [1.165, 1.54) is 35.1 Å². The second-order valence-electron chi connectivity index (χ2n) is 4.07. The summed E-state index contributed by atoms with van der Waals surface area (Å²) in [5.74, 6) is 0. The van der Waals surface area contributed by atoms with Gasteiger partial charge in [0, 0.05) is 0 Å². The molecule has 1 aromatic rings. The molecule has 0 N–H and O–H groups in total. The quantitative estimate of drug-likeness (QED) is 0.554. The molecule has 0 amide bonds. The van der Waals surface area contributed by atoms with Crippen molar-refractivity contribution in [2.75, 3.05) is 0 Å². The first-order chi connectivity index (χ1) is 8.75. The van der Waals surface area contributed by atoms with Gasteiger partial charge in [-0.3, -0.25) is 0 Å². The number of hydrogen-bond donors (Lipinski definition) is 0. The molecule has 0 radical (unpaired) electrons. The SMILES string of the molecule is CC.CC.CC1=CC=C(c2ccc(C)cc2)CC1. The standard InChI is InChI=1S/C14H16.2C2H6/c1-11-3-7-13(8-4-11)14-9-5-12(2)6-10-14;2*1-2/h3-5,7-9H,6,10H2,1-2H3;2*1-2H3. The molecule has 0 nitrogen and oxygen atoms in total. The molecule has 0 atom stereocenters. The van der Waals surface area contributed by atoms with E-state index in [2.05, 4.69) is 50.3 Å². The highest BCUT2D eigenvalue weighted by Gasteiger charge is 2.04. The molecule has 18 heavy (non-hydrogen) atoms. The predicted octanol–water partition coefficient (Wildman–Crippen LogP) is 6.17. The maximum Gasteiger partial charge on any atom is -0.0224 e. The molecule has 100 valence electrons. The van der Waals surface area contributed by atoms with Gasteiger partial charge in [0.15, 0.2) is 0 Å². The fourth-order valence-electron chi connectivity index (χ4n) is 1.75. The van der Waals surface area contributed by atoms with Crippen molar-refractivity contribution in [2.24, 2.45) is 0 Å². The Bertz CT molecular complexity index is 377. The fourth-order valence-corrected chi connectivity index (χ4v) is 1.75. The molecule has 0 bridgehead atoms. The van der Waals surface area contributed by atoms with Crippen molar-refractivity contribution in [1.82, 2.24) is 0 Å². The van der Waals surface area contributed by atoms with E-state index in [1.807, 2.05) is 27.7 Å². The van der Waals surface area contributed by atoms with Crippen LogP contribution in [0.25, 0.3) is 5.57 Å². The first-order valence-electron chi connectivity index (χ1n) is 7.19. The molecule has 2 rings (SSSR count). The Morgan fingerprint density at radius 3 is 1.72 bits per heavy atom. The third kappa shape index (κ3) is 5.35. The van der Waals surface area contributed by atoms with E-state index < -0.39 is 0 Å². The summed E-state index contributed by atoms with van der Waals surface area (Å²) in [4.78, 5) is 0. The molecule has 1 aliphatic carbocycles. The van der Waals surface area contributed by atoms with E-state index >= 15 is 0 Å². The molecule has 0 heterocycles. The van der Waals surface area contributed by atoms with Crippen LogP contribution in [0.2, 0.25) is 0 Å². The summed E-state index contributed by atoms with van der Waals surface area (Å²) in [6.45, 7) is 12.3. The maximum absolute atomic E-state index is 2.25. The third-order valence-corrected chi connectivity index (χ3v) is 2.78. The van der Waals surface area contributed by atoms with Crippen LogP contribution in [0.1, 0.15) is 58.6 Å². The van der Waals surface area contributed by atoms with E-state index in [1.54, 1.807) is 0 Å². The van der Waals surface area contributed by atoms with Crippen LogP contribution in [0.4, 0.5) is 0 Å². The highest BCUT2D eigenvalue weighted by atomic mass is 14.1. The highest BCUT2D eigenvalue weighted by molar-refractivity contribution is 5.68. The van der Waals surface area contributed by atoms with Crippen LogP contribution in [0, 0.1) is 6.92 Å². The van der Waals surface area contributed by atoms with Crippen molar-refractivity contribution in [1.29, 1.82) is 0 Å². The van der Waals surface area contributed by atoms with Gasteiger partial charge < -0.3 is 0 Å². The van der Waals surface area contributed by atoms with E-state index in [-0.39, 0.29) is 0 Å². The molecule has 0 fully saturated rings. The Morgan fingerprint density at radius 2 is 1.28 bits per heavy atom. The second kappa shape index (κ2) is 9.70. The molecule has 0 saturated heterocycles. The summed E-state index contributed by atoms with van der Waals surface area (Å²) in [5.41, 5.74) is 5.66. The Labute approximate surface area is 113 Å². The minimum Gasteiger partial charge on any atom is -0.0730 e. The number of benzene rings is 1. The van der Waals surface area contributed by atoms with Crippen LogP contribution in [0.3, 0.4) is 0 Å². The maximum atomic E-state index is 2.25. The molecule has 0 heteroatoms. The smallest absolute Gasteiger partial charge is 0.0224 e. The molecule has 0 saturated carbocycles. The Kier molecular flexibility index (Phi) is 9.00. The number of aryl methyl sites for hydroxylation is 1.